The van der Waals surface area contributed by atoms with Gasteiger partial charge in [-0.05, 0) is 23.6 Å². The zero-order valence-corrected chi connectivity index (χ0v) is 35.6. The van der Waals surface area contributed by atoms with Crippen molar-refractivity contribution < 1.29 is 66.4 Å². The third kappa shape index (κ3) is 23.6. The SMILES string of the molecule is CCOC(=O)CCOCCOCCOCCOCCOCCOCCOCCOCCOCCOCCOCCOC(c1ccccc1)(c1ccccc1)c1ccccc1. The first-order valence-electron chi connectivity index (χ1n) is 21.1. The Morgan fingerprint density at radius 2 is 0.583 bits per heavy atom. The summed E-state index contributed by atoms with van der Waals surface area (Å²) in [7, 11) is 0. The summed E-state index contributed by atoms with van der Waals surface area (Å²) in [6, 6.07) is 31.0. The van der Waals surface area contributed by atoms with Crippen LogP contribution < -0.4 is 0 Å². The molecule has 0 N–H and O–H groups in total. The molecule has 3 rings (SSSR count). The second-order valence-corrected chi connectivity index (χ2v) is 12.9. The number of hydrogen-bond acceptors (Lipinski definition) is 14. The highest BCUT2D eigenvalue weighted by molar-refractivity contribution is 5.69. The standard InChI is InChI=1S/C46H68O14/c1-2-59-45(47)18-19-48-20-21-49-22-23-50-24-25-51-26-27-52-28-29-53-30-31-54-32-33-55-34-35-56-36-37-57-38-39-58-40-41-60-46(42-12-6-3-7-13-42,43-14-8-4-9-15-43)44-16-10-5-11-17-44/h3-17H,2,18-41H2,1H3. The number of ether oxygens (including phenoxy) is 13. The third-order valence-electron chi connectivity index (χ3n) is 8.56. The second-order valence-electron chi connectivity index (χ2n) is 12.9. The van der Waals surface area contributed by atoms with Crippen molar-refractivity contribution in [2.75, 3.05) is 159 Å². The molecule has 14 nitrogen and oxygen atoms in total. The van der Waals surface area contributed by atoms with E-state index in [-0.39, 0.29) is 12.4 Å². The zero-order chi connectivity index (χ0) is 42.3. The van der Waals surface area contributed by atoms with E-state index in [1.165, 1.54) is 0 Å². The Hall–Kier alpha value is -3.35. The van der Waals surface area contributed by atoms with Crippen LogP contribution in [0.1, 0.15) is 30.0 Å². The van der Waals surface area contributed by atoms with Gasteiger partial charge in [0.2, 0.25) is 0 Å². The van der Waals surface area contributed by atoms with E-state index < -0.39 is 5.60 Å². The predicted octanol–water partition coefficient (Wildman–Crippen LogP) is 5.13. The lowest BCUT2D eigenvalue weighted by atomic mass is 9.80. The monoisotopic (exact) mass is 844 g/mol. The van der Waals surface area contributed by atoms with Crippen LogP contribution in [-0.4, -0.2) is 165 Å². The topological polar surface area (TPSA) is 137 Å². The molecule has 0 bridgehead atoms. The Morgan fingerprint density at radius 1 is 0.350 bits per heavy atom. The summed E-state index contributed by atoms with van der Waals surface area (Å²) in [4.78, 5) is 11.2. The summed E-state index contributed by atoms with van der Waals surface area (Å²) in [5.74, 6) is -0.253. The molecule has 0 fully saturated rings. The molecule has 336 valence electrons. The molecule has 3 aromatic rings. The average Bonchev–Trinajstić information content (AvgIpc) is 3.28. The third-order valence-corrected chi connectivity index (χ3v) is 8.56. The summed E-state index contributed by atoms with van der Waals surface area (Å²) >= 11 is 0. The summed E-state index contributed by atoms with van der Waals surface area (Å²) < 4.78 is 72.4. The van der Waals surface area contributed by atoms with E-state index in [0.717, 1.165) is 16.7 Å². The first-order valence-corrected chi connectivity index (χ1v) is 21.1. The Kier molecular flexibility index (Phi) is 30.9. The Labute approximate surface area is 356 Å². The summed E-state index contributed by atoms with van der Waals surface area (Å²) in [5, 5.41) is 0. The van der Waals surface area contributed by atoms with Crippen molar-refractivity contribution in [2.24, 2.45) is 0 Å². The van der Waals surface area contributed by atoms with Gasteiger partial charge in [-0.15, -0.1) is 0 Å². The smallest absolute Gasteiger partial charge is 0.308 e. The highest BCUT2D eigenvalue weighted by Crippen LogP contribution is 2.40. The number of benzene rings is 3. The van der Waals surface area contributed by atoms with Crippen LogP contribution in [0.15, 0.2) is 91.0 Å². The van der Waals surface area contributed by atoms with Crippen molar-refractivity contribution in [3.05, 3.63) is 108 Å². The Balaban J connectivity index is 1.01. The van der Waals surface area contributed by atoms with Gasteiger partial charge in [0.25, 0.3) is 0 Å². The van der Waals surface area contributed by atoms with Gasteiger partial charge in [-0.3, -0.25) is 4.79 Å². The normalized spacial score (nSPS) is 11.6. The van der Waals surface area contributed by atoms with Crippen molar-refractivity contribution in [3.8, 4) is 0 Å². The Bertz CT molecular complexity index is 1290. The highest BCUT2D eigenvalue weighted by atomic mass is 16.6. The fourth-order valence-electron chi connectivity index (χ4n) is 5.71. The lowest BCUT2D eigenvalue weighted by Gasteiger charge is -2.36. The molecule has 0 unspecified atom stereocenters. The predicted molar refractivity (Wildman–Crippen MR) is 225 cm³/mol. The highest BCUT2D eigenvalue weighted by Gasteiger charge is 2.37. The van der Waals surface area contributed by atoms with Crippen molar-refractivity contribution in [3.63, 3.8) is 0 Å². The van der Waals surface area contributed by atoms with Gasteiger partial charge in [0.05, 0.1) is 165 Å². The van der Waals surface area contributed by atoms with E-state index in [9.17, 15) is 4.79 Å². The minimum Gasteiger partial charge on any atom is -0.466 e. The van der Waals surface area contributed by atoms with Gasteiger partial charge >= 0.3 is 5.97 Å². The molecule has 0 aliphatic rings. The second kappa shape index (κ2) is 36.3. The molecule has 0 spiro atoms. The molecule has 0 heterocycles. The van der Waals surface area contributed by atoms with E-state index in [0.29, 0.717) is 159 Å². The number of rotatable bonds is 41. The summed E-state index contributed by atoms with van der Waals surface area (Å²) in [6.45, 7) is 12.9. The molecular weight excluding hydrogens is 776 g/mol. The molecular formula is C46H68O14. The maximum absolute atomic E-state index is 11.2. The molecule has 0 aliphatic carbocycles. The number of carbonyl (C=O) groups is 1. The molecule has 0 saturated carbocycles. The minimum atomic E-state index is -0.757. The minimum absolute atomic E-state index is 0.252. The number of carbonyl (C=O) groups excluding carboxylic acids is 1. The van der Waals surface area contributed by atoms with Crippen molar-refractivity contribution in [1.82, 2.24) is 0 Å². The van der Waals surface area contributed by atoms with Crippen LogP contribution in [0.3, 0.4) is 0 Å². The van der Waals surface area contributed by atoms with Gasteiger partial charge in [0.1, 0.15) is 5.60 Å². The summed E-state index contributed by atoms with van der Waals surface area (Å²) in [6.07, 6.45) is 0.252. The van der Waals surface area contributed by atoms with Gasteiger partial charge < -0.3 is 61.6 Å². The van der Waals surface area contributed by atoms with Crippen molar-refractivity contribution in [1.29, 1.82) is 0 Å². The van der Waals surface area contributed by atoms with E-state index >= 15 is 0 Å². The lowest BCUT2D eigenvalue weighted by Crippen LogP contribution is -2.34. The molecule has 0 radical (unpaired) electrons. The molecule has 0 amide bonds. The van der Waals surface area contributed by atoms with Gasteiger partial charge in [0, 0.05) is 0 Å². The van der Waals surface area contributed by atoms with E-state index in [4.69, 9.17) is 61.6 Å². The van der Waals surface area contributed by atoms with E-state index in [1.807, 2.05) is 54.6 Å². The van der Waals surface area contributed by atoms with Crippen LogP contribution in [0.5, 0.6) is 0 Å². The Morgan fingerprint density at radius 3 is 0.833 bits per heavy atom. The fourth-order valence-corrected chi connectivity index (χ4v) is 5.71. The maximum Gasteiger partial charge on any atom is 0.308 e. The molecule has 3 aromatic carbocycles. The first-order chi connectivity index (χ1) is 29.8. The van der Waals surface area contributed by atoms with Crippen LogP contribution in [0, 0.1) is 0 Å². The molecule has 0 aromatic heterocycles. The fraction of sp³-hybridized carbons (Fsp3) is 0.587. The van der Waals surface area contributed by atoms with Gasteiger partial charge in [-0.2, -0.15) is 0 Å². The average molecular weight is 845 g/mol. The van der Waals surface area contributed by atoms with Crippen LogP contribution in [0.25, 0.3) is 0 Å². The summed E-state index contributed by atoms with van der Waals surface area (Å²) in [5.41, 5.74) is 2.43. The quantitative estimate of drug-likeness (QED) is 0.0424. The largest absolute Gasteiger partial charge is 0.466 e. The van der Waals surface area contributed by atoms with Gasteiger partial charge in [-0.25, -0.2) is 0 Å². The van der Waals surface area contributed by atoms with Crippen LogP contribution in [0.4, 0.5) is 0 Å². The van der Waals surface area contributed by atoms with Crippen LogP contribution in [0.2, 0.25) is 0 Å². The number of esters is 1. The van der Waals surface area contributed by atoms with Crippen LogP contribution >= 0.6 is 0 Å². The molecule has 14 heteroatoms. The van der Waals surface area contributed by atoms with Gasteiger partial charge in [0.15, 0.2) is 0 Å². The first kappa shape index (κ1) is 51.0. The molecule has 0 saturated heterocycles. The molecule has 0 atom stereocenters. The van der Waals surface area contributed by atoms with E-state index in [2.05, 4.69) is 36.4 Å². The van der Waals surface area contributed by atoms with Crippen molar-refractivity contribution >= 4 is 5.97 Å². The molecule has 60 heavy (non-hydrogen) atoms. The zero-order valence-electron chi connectivity index (χ0n) is 35.6. The van der Waals surface area contributed by atoms with E-state index in [1.54, 1.807) is 6.92 Å². The van der Waals surface area contributed by atoms with Crippen molar-refractivity contribution in [2.45, 2.75) is 18.9 Å². The maximum atomic E-state index is 11.2. The van der Waals surface area contributed by atoms with Gasteiger partial charge in [-0.1, -0.05) is 91.0 Å². The lowest BCUT2D eigenvalue weighted by molar-refractivity contribution is -0.144. The number of hydrogen-bond donors (Lipinski definition) is 0. The molecule has 0 aliphatic heterocycles. The van der Waals surface area contributed by atoms with Crippen LogP contribution in [-0.2, 0) is 72.0 Å².